The van der Waals surface area contributed by atoms with Gasteiger partial charge in [-0.05, 0) is 26.3 Å². The molecule has 3 nitrogen and oxygen atoms in total. The lowest BCUT2D eigenvalue weighted by Crippen LogP contribution is -2.31. The lowest BCUT2D eigenvalue weighted by Gasteiger charge is -2.23. The summed E-state index contributed by atoms with van der Waals surface area (Å²) in [5.74, 6) is 0.0598. The van der Waals surface area contributed by atoms with Crippen molar-refractivity contribution in [3.05, 3.63) is 23.7 Å². The van der Waals surface area contributed by atoms with Gasteiger partial charge >= 0.3 is 0 Å². The van der Waals surface area contributed by atoms with E-state index in [1.54, 1.807) is 13.8 Å². The highest BCUT2D eigenvalue weighted by Gasteiger charge is 2.19. The molecule has 1 aliphatic carbocycles. The SMILES string of the molecule is CC(C)(O)COC1=CC(F)=CCC1N. The maximum absolute atomic E-state index is 12.8. The first-order chi connectivity index (χ1) is 6.38. The van der Waals surface area contributed by atoms with E-state index in [0.717, 1.165) is 0 Å². The Balaban J connectivity index is 2.55. The molecule has 0 spiro atoms. The third-order valence-corrected chi connectivity index (χ3v) is 1.80. The van der Waals surface area contributed by atoms with Gasteiger partial charge in [-0.2, -0.15) is 0 Å². The van der Waals surface area contributed by atoms with Gasteiger partial charge in [-0.1, -0.05) is 0 Å². The predicted molar refractivity (Wildman–Crippen MR) is 52.1 cm³/mol. The lowest BCUT2D eigenvalue weighted by atomic mass is 10.1. The van der Waals surface area contributed by atoms with Crippen LogP contribution in [0.4, 0.5) is 4.39 Å². The number of ether oxygens (including phenoxy) is 1. The summed E-state index contributed by atoms with van der Waals surface area (Å²) in [6.07, 6.45) is 3.12. The van der Waals surface area contributed by atoms with Crippen molar-refractivity contribution in [2.75, 3.05) is 6.61 Å². The molecule has 0 saturated carbocycles. The Labute approximate surface area is 83.1 Å². The van der Waals surface area contributed by atoms with E-state index in [0.29, 0.717) is 12.2 Å². The smallest absolute Gasteiger partial charge is 0.122 e. The van der Waals surface area contributed by atoms with Crippen molar-refractivity contribution < 1.29 is 14.2 Å². The molecule has 4 heteroatoms. The third kappa shape index (κ3) is 3.47. The zero-order valence-corrected chi connectivity index (χ0v) is 8.46. The highest BCUT2D eigenvalue weighted by atomic mass is 19.1. The van der Waals surface area contributed by atoms with Crippen molar-refractivity contribution in [3.63, 3.8) is 0 Å². The summed E-state index contributed by atoms with van der Waals surface area (Å²) in [5, 5.41) is 9.40. The molecular formula is C10H16FNO2. The van der Waals surface area contributed by atoms with Crippen LogP contribution in [0.5, 0.6) is 0 Å². The van der Waals surface area contributed by atoms with Crippen molar-refractivity contribution in [1.29, 1.82) is 0 Å². The fourth-order valence-electron chi connectivity index (χ4n) is 1.07. The van der Waals surface area contributed by atoms with Gasteiger partial charge in [0.2, 0.25) is 0 Å². The van der Waals surface area contributed by atoms with E-state index in [1.165, 1.54) is 12.2 Å². The van der Waals surface area contributed by atoms with Gasteiger partial charge < -0.3 is 15.6 Å². The highest BCUT2D eigenvalue weighted by Crippen LogP contribution is 2.19. The van der Waals surface area contributed by atoms with Crippen molar-refractivity contribution in [1.82, 2.24) is 0 Å². The van der Waals surface area contributed by atoms with E-state index in [4.69, 9.17) is 10.5 Å². The van der Waals surface area contributed by atoms with E-state index >= 15 is 0 Å². The third-order valence-electron chi connectivity index (χ3n) is 1.80. The number of nitrogens with two attached hydrogens (primary N) is 1. The molecule has 0 bridgehead atoms. The second-order valence-corrected chi connectivity index (χ2v) is 4.08. The summed E-state index contributed by atoms with van der Waals surface area (Å²) in [5.41, 5.74) is 4.75. The Kier molecular flexibility index (Phi) is 3.29. The van der Waals surface area contributed by atoms with Crippen LogP contribution in [0.15, 0.2) is 23.7 Å². The molecule has 80 valence electrons. The maximum Gasteiger partial charge on any atom is 0.122 e. The summed E-state index contributed by atoms with van der Waals surface area (Å²) in [6, 6.07) is -0.308. The van der Waals surface area contributed by atoms with E-state index in [-0.39, 0.29) is 18.5 Å². The number of hydrogen-bond acceptors (Lipinski definition) is 3. The van der Waals surface area contributed by atoms with Crippen molar-refractivity contribution >= 4 is 0 Å². The van der Waals surface area contributed by atoms with E-state index in [1.807, 2.05) is 0 Å². The predicted octanol–water partition coefficient (Wildman–Crippen LogP) is 1.24. The van der Waals surface area contributed by atoms with Crippen LogP contribution in [-0.2, 0) is 4.74 Å². The van der Waals surface area contributed by atoms with Crippen LogP contribution in [0.3, 0.4) is 0 Å². The molecule has 0 aromatic carbocycles. The van der Waals surface area contributed by atoms with Crippen LogP contribution in [0.1, 0.15) is 20.3 Å². The largest absolute Gasteiger partial charge is 0.493 e. The maximum atomic E-state index is 12.8. The Morgan fingerprint density at radius 3 is 2.93 bits per heavy atom. The zero-order chi connectivity index (χ0) is 10.8. The number of aliphatic hydroxyl groups is 1. The zero-order valence-electron chi connectivity index (χ0n) is 8.46. The monoisotopic (exact) mass is 201 g/mol. The summed E-state index contributed by atoms with van der Waals surface area (Å²) in [7, 11) is 0. The molecule has 0 amide bonds. The molecule has 0 aliphatic heterocycles. The highest BCUT2D eigenvalue weighted by molar-refractivity contribution is 5.23. The Hall–Kier alpha value is -0.870. The van der Waals surface area contributed by atoms with Crippen LogP contribution in [0.2, 0.25) is 0 Å². The lowest BCUT2D eigenvalue weighted by molar-refractivity contribution is -0.000669. The minimum absolute atomic E-state index is 0.111. The molecule has 0 heterocycles. The molecule has 14 heavy (non-hydrogen) atoms. The summed E-state index contributed by atoms with van der Waals surface area (Å²) < 4.78 is 18.0. The molecule has 1 aliphatic rings. The van der Waals surface area contributed by atoms with Crippen molar-refractivity contribution in [3.8, 4) is 0 Å². The van der Waals surface area contributed by atoms with Gasteiger partial charge in [0, 0.05) is 6.08 Å². The summed E-state index contributed by atoms with van der Waals surface area (Å²) in [6.45, 7) is 3.35. The van der Waals surface area contributed by atoms with Crippen LogP contribution < -0.4 is 5.73 Å². The summed E-state index contributed by atoms with van der Waals surface area (Å²) in [4.78, 5) is 0. The van der Waals surface area contributed by atoms with E-state index in [2.05, 4.69) is 0 Å². The van der Waals surface area contributed by atoms with Crippen molar-refractivity contribution in [2.24, 2.45) is 5.73 Å². The number of halogens is 1. The second-order valence-electron chi connectivity index (χ2n) is 4.08. The molecule has 0 aromatic heterocycles. The van der Waals surface area contributed by atoms with Gasteiger partial charge in [-0.15, -0.1) is 0 Å². The fraction of sp³-hybridized carbons (Fsp3) is 0.600. The molecule has 1 atom stereocenters. The van der Waals surface area contributed by atoms with E-state index in [9.17, 15) is 9.50 Å². The summed E-state index contributed by atoms with van der Waals surface area (Å²) >= 11 is 0. The molecular weight excluding hydrogens is 185 g/mol. The second kappa shape index (κ2) is 4.11. The first-order valence-corrected chi connectivity index (χ1v) is 4.56. The molecule has 0 radical (unpaired) electrons. The van der Waals surface area contributed by atoms with Gasteiger partial charge in [0.05, 0.1) is 11.6 Å². The van der Waals surface area contributed by atoms with Crippen LogP contribution in [-0.4, -0.2) is 23.4 Å². The number of hydrogen-bond donors (Lipinski definition) is 2. The Bertz CT molecular complexity index is 266. The molecule has 0 fully saturated rings. The molecule has 0 saturated heterocycles. The van der Waals surface area contributed by atoms with Gasteiger partial charge in [-0.3, -0.25) is 0 Å². The molecule has 1 unspecified atom stereocenters. The number of allylic oxidation sites excluding steroid dienone is 2. The van der Waals surface area contributed by atoms with Gasteiger partial charge in [0.15, 0.2) is 0 Å². The first-order valence-electron chi connectivity index (χ1n) is 4.56. The van der Waals surface area contributed by atoms with E-state index < -0.39 is 5.60 Å². The molecule has 0 aromatic rings. The standard InChI is InChI=1S/C10H16FNO2/c1-10(2,13)6-14-9-5-7(11)3-4-8(9)12/h3,5,8,13H,4,6,12H2,1-2H3. The molecule has 1 rings (SSSR count). The van der Waals surface area contributed by atoms with Gasteiger partial charge in [0.25, 0.3) is 0 Å². The number of rotatable bonds is 3. The molecule has 3 N–H and O–H groups in total. The average molecular weight is 201 g/mol. The van der Waals surface area contributed by atoms with Gasteiger partial charge in [-0.25, -0.2) is 4.39 Å². The van der Waals surface area contributed by atoms with Crippen molar-refractivity contribution in [2.45, 2.75) is 31.9 Å². The quantitative estimate of drug-likeness (QED) is 0.722. The van der Waals surface area contributed by atoms with Crippen LogP contribution in [0, 0.1) is 0 Å². The Morgan fingerprint density at radius 1 is 1.71 bits per heavy atom. The minimum atomic E-state index is -0.932. The topological polar surface area (TPSA) is 55.5 Å². The Morgan fingerprint density at radius 2 is 2.36 bits per heavy atom. The first kappa shape index (κ1) is 11.2. The van der Waals surface area contributed by atoms with Gasteiger partial charge in [0.1, 0.15) is 18.2 Å². The van der Waals surface area contributed by atoms with Crippen LogP contribution >= 0.6 is 0 Å². The average Bonchev–Trinajstić information content (AvgIpc) is 2.05. The minimum Gasteiger partial charge on any atom is -0.493 e. The van der Waals surface area contributed by atoms with Crippen LogP contribution in [0.25, 0.3) is 0 Å². The fourth-order valence-corrected chi connectivity index (χ4v) is 1.07. The normalized spacial score (nSPS) is 22.8.